The number of hydrogen-bond acceptors (Lipinski definition) is 3. The highest BCUT2D eigenvalue weighted by Gasteiger charge is 2.57. The molecule has 1 aromatic heterocycles. The van der Waals surface area contributed by atoms with Gasteiger partial charge in [-0.3, -0.25) is 0 Å². The Bertz CT molecular complexity index is 1050. The van der Waals surface area contributed by atoms with Crippen molar-refractivity contribution in [1.29, 1.82) is 0 Å². The average molecular weight is 432 g/mol. The molecule has 0 unspecified atom stereocenters. The number of aliphatic hydroxyl groups excluding tert-OH is 1. The van der Waals surface area contributed by atoms with Crippen molar-refractivity contribution in [3.8, 4) is 11.3 Å². The van der Waals surface area contributed by atoms with E-state index in [2.05, 4.69) is 61.7 Å². The van der Waals surface area contributed by atoms with Crippen LogP contribution in [0.2, 0.25) is 0 Å². The number of rotatable bonds is 2. The Morgan fingerprint density at radius 3 is 2.61 bits per heavy atom. The van der Waals surface area contributed by atoms with E-state index in [4.69, 9.17) is 4.98 Å². The van der Waals surface area contributed by atoms with E-state index in [0.29, 0.717) is 5.41 Å². The van der Waals surface area contributed by atoms with E-state index in [0.717, 1.165) is 42.7 Å². The van der Waals surface area contributed by atoms with Crippen LogP contribution in [0.5, 0.6) is 0 Å². The lowest BCUT2D eigenvalue weighted by atomic mass is 9.47. The molecule has 2 saturated carbocycles. The van der Waals surface area contributed by atoms with Gasteiger partial charge in [0.1, 0.15) is 5.01 Å². The second-order valence-corrected chi connectivity index (χ2v) is 11.7. The highest BCUT2D eigenvalue weighted by atomic mass is 32.1. The maximum atomic E-state index is 10.2. The molecule has 1 N–H and O–H groups in total. The van der Waals surface area contributed by atoms with Gasteiger partial charge in [0.2, 0.25) is 0 Å². The minimum Gasteiger partial charge on any atom is -0.393 e. The molecular formula is C28H33NOS. The van der Waals surface area contributed by atoms with E-state index in [-0.39, 0.29) is 11.5 Å². The normalized spacial score (nSPS) is 39.2. The summed E-state index contributed by atoms with van der Waals surface area (Å²) in [6, 6.07) is 10.6. The molecule has 162 valence electrons. The summed E-state index contributed by atoms with van der Waals surface area (Å²) in [7, 11) is 0. The van der Waals surface area contributed by atoms with E-state index in [1.807, 2.05) is 11.3 Å². The summed E-state index contributed by atoms with van der Waals surface area (Å²) in [5.74, 6) is 2.28. The topological polar surface area (TPSA) is 33.1 Å². The number of thiazole rings is 1. The first-order valence-corrected chi connectivity index (χ1v) is 13.0. The second kappa shape index (κ2) is 7.15. The van der Waals surface area contributed by atoms with Crippen molar-refractivity contribution >= 4 is 16.9 Å². The van der Waals surface area contributed by atoms with Crippen LogP contribution in [0.15, 0.2) is 53.4 Å². The quantitative estimate of drug-likeness (QED) is 0.513. The first-order chi connectivity index (χ1) is 15.0. The third kappa shape index (κ3) is 2.96. The standard InChI is InChI=1S/C28H33NOS/c1-27-14-12-20(30)16-19(27)8-9-21-22-10-11-24(28(22,2)15-13-23(21)27)26-29-25(17-31-26)18-6-4-3-5-7-18/h3-8,11,17,20-23,30H,9-10,12-16H2,1-2H3/t20-,21-,22-,23-,27-,28-/m0/s1. The molecule has 0 bridgehead atoms. The third-order valence-electron chi connectivity index (χ3n) is 9.46. The van der Waals surface area contributed by atoms with Crippen molar-refractivity contribution in [1.82, 2.24) is 4.98 Å². The van der Waals surface area contributed by atoms with Crippen LogP contribution >= 0.6 is 11.3 Å². The SMILES string of the molecule is C[C@]12CC[C@H](O)CC1=CC[C@@H]1[C@@H]2CC[C@]2(C)C(c3nc(-c4ccccc4)cs3)=CC[C@@H]12. The van der Waals surface area contributed by atoms with Crippen LogP contribution in [0.3, 0.4) is 0 Å². The van der Waals surface area contributed by atoms with Crippen LogP contribution in [-0.4, -0.2) is 16.2 Å². The summed E-state index contributed by atoms with van der Waals surface area (Å²) < 4.78 is 0. The van der Waals surface area contributed by atoms with Crippen LogP contribution in [0.1, 0.15) is 63.8 Å². The number of benzene rings is 1. The lowest BCUT2D eigenvalue weighted by Gasteiger charge is -2.57. The fourth-order valence-corrected chi connectivity index (χ4v) is 8.69. The zero-order valence-electron chi connectivity index (χ0n) is 18.7. The molecule has 6 atom stereocenters. The van der Waals surface area contributed by atoms with Crippen molar-refractivity contribution in [2.45, 2.75) is 64.9 Å². The largest absolute Gasteiger partial charge is 0.393 e. The van der Waals surface area contributed by atoms with Crippen molar-refractivity contribution < 1.29 is 5.11 Å². The molecule has 0 radical (unpaired) electrons. The number of aromatic nitrogens is 1. The Morgan fingerprint density at radius 2 is 1.77 bits per heavy atom. The molecule has 6 rings (SSSR count). The Morgan fingerprint density at radius 1 is 0.968 bits per heavy atom. The molecule has 2 nitrogen and oxygen atoms in total. The minimum absolute atomic E-state index is 0.117. The maximum Gasteiger partial charge on any atom is 0.120 e. The van der Waals surface area contributed by atoms with Crippen molar-refractivity contribution in [2.75, 3.05) is 0 Å². The second-order valence-electron chi connectivity index (χ2n) is 10.9. The van der Waals surface area contributed by atoms with Crippen LogP contribution in [0, 0.1) is 28.6 Å². The Hall–Kier alpha value is -1.71. The summed E-state index contributed by atoms with van der Waals surface area (Å²) in [6.45, 7) is 5.04. The number of hydrogen-bond donors (Lipinski definition) is 1. The van der Waals surface area contributed by atoms with Crippen molar-refractivity contribution in [3.05, 3.63) is 58.4 Å². The molecule has 1 aromatic carbocycles. The fraction of sp³-hybridized carbons (Fsp3) is 0.536. The van der Waals surface area contributed by atoms with Gasteiger partial charge in [-0.05, 0) is 79.1 Å². The molecule has 31 heavy (non-hydrogen) atoms. The first-order valence-electron chi connectivity index (χ1n) is 12.1. The molecule has 4 aliphatic rings. The van der Waals surface area contributed by atoms with Gasteiger partial charge in [0, 0.05) is 10.9 Å². The van der Waals surface area contributed by atoms with Crippen molar-refractivity contribution in [2.24, 2.45) is 28.6 Å². The van der Waals surface area contributed by atoms with Gasteiger partial charge in [0.05, 0.1) is 11.8 Å². The minimum atomic E-state index is -0.117. The molecule has 0 aliphatic heterocycles. The predicted octanol–water partition coefficient (Wildman–Crippen LogP) is 7.13. The Labute approximate surface area is 190 Å². The number of fused-ring (bicyclic) bond motifs is 5. The lowest BCUT2D eigenvalue weighted by molar-refractivity contribution is -0.0238. The number of nitrogens with zero attached hydrogens (tertiary/aromatic N) is 1. The van der Waals surface area contributed by atoms with Gasteiger partial charge < -0.3 is 5.11 Å². The zero-order chi connectivity index (χ0) is 21.2. The summed E-state index contributed by atoms with van der Waals surface area (Å²) in [5.41, 5.74) is 5.97. The van der Waals surface area contributed by atoms with Gasteiger partial charge in [0.25, 0.3) is 0 Å². The fourth-order valence-electron chi connectivity index (χ4n) is 7.68. The van der Waals surface area contributed by atoms with Gasteiger partial charge in [-0.25, -0.2) is 4.98 Å². The van der Waals surface area contributed by atoms with Crippen LogP contribution < -0.4 is 0 Å². The highest BCUT2D eigenvalue weighted by Crippen LogP contribution is 2.66. The molecule has 4 aliphatic carbocycles. The molecular weight excluding hydrogens is 398 g/mol. The van der Waals surface area contributed by atoms with E-state index >= 15 is 0 Å². The predicted molar refractivity (Wildman–Crippen MR) is 129 cm³/mol. The van der Waals surface area contributed by atoms with Gasteiger partial charge in [-0.1, -0.05) is 61.9 Å². The zero-order valence-corrected chi connectivity index (χ0v) is 19.5. The summed E-state index contributed by atoms with van der Waals surface area (Å²) in [6.07, 6.45) is 13.0. The van der Waals surface area contributed by atoms with E-state index in [1.54, 1.807) is 5.57 Å². The van der Waals surface area contributed by atoms with E-state index in [1.165, 1.54) is 41.8 Å². The van der Waals surface area contributed by atoms with Gasteiger partial charge in [-0.2, -0.15) is 0 Å². The van der Waals surface area contributed by atoms with Crippen LogP contribution in [0.25, 0.3) is 16.8 Å². The van der Waals surface area contributed by atoms with Gasteiger partial charge in [0.15, 0.2) is 0 Å². The average Bonchev–Trinajstić information content (AvgIpc) is 3.39. The molecule has 0 amide bonds. The van der Waals surface area contributed by atoms with E-state index in [9.17, 15) is 5.11 Å². The molecule has 2 aromatic rings. The Kier molecular flexibility index (Phi) is 4.60. The summed E-state index contributed by atoms with van der Waals surface area (Å²) in [4.78, 5) is 5.10. The highest BCUT2D eigenvalue weighted by molar-refractivity contribution is 7.11. The smallest absolute Gasteiger partial charge is 0.120 e. The van der Waals surface area contributed by atoms with Crippen molar-refractivity contribution in [3.63, 3.8) is 0 Å². The Balaban J connectivity index is 1.29. The number of aliphatic hydroxyl groups is 1. The maximum absolute atomic E-state index is 10.2. The number of allylic oxidation sites excluding steroid dienone is 3. The third-order valence-corrected chi connectivity index (χ3v) is 10.3. The molecule has 3 heteroatoms. The lowest BCUT2D eigenvalue weighted by Crippen LogP contribution is -2.49. The van der Waals surface area contributed by atoms with Crippen LogP contribution in [0.4, 0.5) is 0 Å². The summed E-state index contributed by atoms with van der Waals surface area (Å²) >= 11 is 1.82. The van der Waals surface area contributed by atoms with E-state index < -0.39 is 0 Å². The monoisotopic (exact) mass is 431 g/mol. The van der Waals surface area contributed by atoms with Gasteiger partial charge >= 0.3 is 0 Å². The van der Waals surface area contributed by atoms with Gasteiger partial charge in [-0.15, -0.1) is 11.3 Å². The molecule has 0 saturated heterocycles. The molecule has 2 fully saturated rings. The van der Waals surface area contributed by atoms with Crippen LogP contribution in [-0.2, 0) is 0 Å². The first kappa shape index (κ1) is 19.9. The summed E-state index contributed by atoms with van der Waals surface area (Å²) in [5, 5.41) is 13.7. The molecule has 1 heterocycles. The molecule has 0 spiro atoms.